The van der Waals surface area contributed by atoms with Crippen molar-refractivity contribution in [1.82, 2.24) is 5.32 Å². The molecule has 0 heterocycles. The van der Waals surface area contributed by atoms with Gasteiger partial charge in [-0.3, -0.25) is 9.10 Å². The van der Waals surface area contributed by atoms with Crippen LogP contribution in [0.25, 0.3) is 0 Å². The van der Waals surface area contributed by atoms with Gasteiger partial charge in [0.25, 0.3) is 10.0 Å². The van der Waals surface area contributed by atoms with E-state index in [-0.39, 0.29) is 23.4 Å². The summed E-state index contributed by atoms with van der Waals surface area (Å²) >= 11 is 0. The van der Waals surface area contributed by atoms with Gasteiger partial charge in [0, 0.05) is 6.04 Å². The zero-order valence-electron chi connectivity index (χ0n) is 17.3. The first-order valence-corrected chi connectivity index (χ1v) is 11.1. The number of amides is 1. The molecular weight excluding hydrogens is 372 g/mol. The van der Waals surface area contributed by atoms with Crippen molar-refractivity contribution >= 4 is 21.6 Å². The van der Waals surface area contributed by atoms with Crippen molar-refractivity contribution in [2.45, 2.75) is 58.4 Å². The number of carbonyl (C=O) groups excluding carboxylic acids is 1. The summed E-state index contributed by atoms with van der Waals surface area (Å²) in [6.07, 6.45) is 1.80. The molecule has 0 aliphatic rings. The summed E-state index contributed by atoms with van der Waals surface area (Å²) in [5.74, 6) is -0.308. The lowest BCUT2D eigenvalue weighted by atomic mass is 10.1. The number of nitrogens with zero attached hydrogens (tertiary/aromatic N) is 1. The molecule has 152 valence electrons. The van der Waals surface area contributed by atoms with Gasteiger partial charge in [0.15, 0.2) is 0 Å². The lowest BCUT2D eigenvalue weighted by Crippen LogP contribution is -2.43. The molecule has 5 nitrogen and oxygen atoms in total. The topological polar surface area (TPSA) is 66.5 Å². The normalized spacial score (nSPS) is 12.5. The summed E-state index contributed by atoms with van der Waals surface area (Å²) < 4.78 is 28.0. The number of hydrogen-bond acceptors (Lipinski definition) is 3. The number of sulfonamides is 1. The van der Waals surface area contributed by atoms with E-state index in [0.29, 0.717) is 5.69 Å². The molecule has 0 spiro atoms. The Morgan fingerprint density at radius 2 is 1.71 bits per heavy atom. The number of benzene rings is 2. The molecule has 2 aromatic rings. The second-order valence-corrected chi connectivity index (χ2v) is 9.16. The zero-order chi connectivity index (χ0) is 20.9. The highest BCUT2D eigenvalue weighted by Crippen LogP contribution is 2.28. The van der Waals surface area contributed by atoms with Gasteiger partial charge in [-0.1, -0.05) is 43.2 Å². The summed E-state index contributed by atoms with van der Waals surface area (Å²) in [7, 11) is -3.88. The van der Waals surface area contributed by atoms with E-state index in [0.717, 1.165) is 29.5 Å². The Balaban J connectivity index is 2.45. The second kappa shape index (κ2) is 9.24. The quantitative estimate of drug-likeness (QED) is 0.722. The molecule has 0 saturated heterocycles. The molecule has 0 aromatic heterocycles. The largest absolute Gasteiger partial charge is 0.352 e. The highest BCUT2D eigenvalue weighted by molar-refractivity contribution is 7.92. The van der Waals surface area contributed by atoms with Gasteiger partial charge in [0.05, 0.1) is 10.6 Å². The van der Waals surface area contributed by atoms with Gasteiger partial charge in [-0.25, -0.2) is 8.42 Å². The fraction of sp³-hybridized carbons (Fsp3) is 0.409. The molecule has 0 radical (unpaired) electrons. The monoisotopic (exact) mass is 402 g/mol. The Labute approximate surface area is 168 Å². The van der Waals surface area contributed by atoms with Crippen molar-refractivity contribution in [2.75, 3.05) is 10.8 Å². The van der Waals surface area contributed by atoms with E-state index in [9.17, 15) is 13.2 Å². The van der Waals surface area contributed by atoms with Gasteiger partial charge < -0.3 is 5.32 Å². The fourth-order valence-corrected chi connectivity index (χ4v) is 4.58. The molecule has 0 saturated carbocycles. The summed E-state index contributed by atoms with van der Waals surface area (Å²) in [5, 5.41) is 2.90. The van der Waals surface area contributed by atoms with E-state index in [4.69, 9.17) is 0 Å². The molecule has 2 aromatic carbocycles. The molecule has 0 aliphatic heterocycles. The average molecular weight is 403 g/mol. The van der Waals surface area contributed by atoms with Crippen molar-refractivity contribution in [3.63, 3.8) is 0 Å². The van der Waals surface area contributed by atoms with Gasteiger partial charge >= 0.3 is 0 Å². The Morgan fingerprint density at radius 1 is 1.07 bits per heavy atom. The lowest BCUT2D eigenvalue weighted by Gasteiger charge is -2.27. The molecule has 0 unspecified atom stereocenters. The minimum Gasteiger partial charge on any atom is -0.352 e. The Morgan fingerprint density at radius 3 is 2.32 bits per heavy atom. The van der Waals surface area contributed by atoms with Gasteiger partial charge in [0.1, 0.15) is 6.54 Å². The van der Waals surface area contributed by atoms with Crippen molar-refractivity contribution in [3.05, 3.63) is 59.2 Å². The Kier molecular flexibility index (Phi) is 7.24. The number of rotatable bonds is 8. The molecular formula is C22H30N2O3S. The van der Waals surface area contributed by atoms with Gasteiger partial charge in [-0.15, -0.1) is 0 Å². The van der Waals surface area contributed by atoms with Crippen molar-refractivity contribution < 1.29 is 13.2 Å². The summed E-state index contributed by atoms with van der Waals surface area (Å²) in [6.45, 7) is 9.43. The van der Waals surface area contributed by atoms with Gasteiger partial charge in [-0.05, 0) is 63.4 Å². The molecule has 2 rings (SSSR count). The zero-order valence-corrected chi connectivity index (χ0v) is 18.1. The van der Waals surface area contributed by atoms with Crippen LogP contribution in [0.3, 0.4) is 0 Å². The van der Waals surface area contributed by atoms with E-state index in [1.165, 1.54) is 4.31 Å². The first-order chi connectivity index (χ1) is 13.2. The van der Waals surface area contributed by atoms with E-state index in [1.54, 1.807) is 30.3 Å². The number of nitrogens with one attached hydrogen (secondary N) is 1. The van der Waals surface area contributed by atoms with Crippen LogP contribution in [0.15, 0.2) is 47.4 Å². The number of hydrogen-bond donors (Lipinski definition) is 1. The molecule has 1 amide bonds. The first-order valence-electron chi connectivity index (χ1n) is 9.61. The van der Waals surface area contributed by atoms with Crippen LogP contribution in [0.1, 0.15) is 43.4 Å². The average Bonchev–Trinajstić information content (AvgIpc) is 2.63. The van der Waals surface area contributed by atoms with Gasteiger partial charge in [-0.2, -0.15) is 0 Å². The second-order valence-electron chi connectivity index (χ2n) is 7.30. The van der Waals surface area contributed by atoms with E-state index in [1.807, 2.05) is 46.8 Å². The third-order valence-electron chi connectivity index (χ3n) is 4.87. The summed E-state index contributed by atoms with van der Waals surface area (Å²) in [5.41, 5.74) is 3.32. The maximum absolute atomic E-state index is 13.4. The van der Waals surface area contributed by atoms with Crippen LogP contribution >= 0.6 is 0 Å². The fourth-order valence-electron chi connectivity index (χ4n) is 3.10. The Bertz CT molecular complexity index is 921. The maximum atomic E-state index is 13.4. The van der Waals surface area contributed by atoms with Crippen LogP contribution in [0.2, 0.25) is 0 Å². The smallest absolute Gasteiger partial charge is 0.264 e. The predicted molar refractivity (Wildman–Crippen MR) is 114 cm³/mol. The number of aryl methyl sites for hydroxylation is 2. The van der Waals surface area contributed by atoms with Crippen molar-refractivity contribution in [2.24, 2.45) is 0 Å². The third kappa shape index (κ3) is 5.13. The third-order valence-corrected chi connectivity index (χ3v) is 6.64. The molecule has 0 bridgehead atoms. The van der Waals surface area contributed by atoms with Crippen LogP contribution in [-0.2, 0) is 14.8 Å². The minimum absolute atomic E-state index is 0.0000327. The molecule has 0 aliphatic carbocycles. The van der Waals surface area contributed by atoms with Crippen LogP contribution in [-0.4, -0.2) is 26.9 Å². The SMILES string of the molecule is CCC[C@@H](C)NC(=O)CN(c1cccc(C)c1C)S(=O)(=O)c1ccc(C)cc1. The molecule has 1 N–H and O–H groups in total. The van der Waals surface area contributed by atoms with Crippen molar-refractivity contribution in [1.29, 1.82) is 0 Å². The summed E-state index contributed by atoms with van der Waals surface area (Å²) in [4.78, 5) is 12.8. The molecule has 6 heteroatoms. The Hall–Kier alpha value is -2.34. The van der Waals surface area contributed by atoms with E-state index in [2.05, 4.69) is 5.32 Å². The summed E-state index contributed by atoms with van der Waals surface area (Å²) in [6, 6.07) is 12.2. The lowest BCUT2D eigenvalue weighted by molar-refractivity contribution is -0.120. The van der Waals surface area contributed by atoms with Gasteiger partial charge in [0.2, 0.25) is 5.91 Å². The number of anilines is 1. The van der Waals surface area contributed by atoms with Crippen LogP contribution in [0.5, 0.6) is 0 Å². The highest BCUT2D eigenvalue weighted by atomic mass is 32.2. The predicted octanol–water partition coefficient (Wildman–Crippen LogP) is 4.11. The van der Waals surface area contributed by atoms with E-state index < -0.39 is 10.0 Å². The molecule has 1 atom stereocenters. The highest BCUT2D eigenvalue weighted by Gasteiger charge is 2.28. The molecule has 28 heavy (non-hydrogen) atoms. The minimum atomic E-state index is -3.88. The number of carbonyl (C=O) groups is 1. The maximum Gasteiger partial charge on any atom is 0.264 e. The van der Waals surface area contributed by atoms with Crippen LogP contribution in [0, 0.1) is 20.8 Å². The van der Waals surface area contributed by atoms with Crippen LogP contribution < -0.4 is 9.62 Å². The van der Waals surface area contributed by atoms with E-state index >= 15 is 0 Å². The first kappa shape index (κ1) is 22.0. The molecule has 0 fully saturated rings. The van der Waals surface area contributed by atoms with Crippen molar-refractivity contribution in [3.8, 4) is 0 Å². The standard InChI is InChI=1S/C22H30N2O3S/c1-6-8-18(4)23-22(25)15-24(21-10-7-9-17(3)19(21)5)28(26,27)20-13-11-16(2)12-14-20/h7,9-14,18H,6,8,15H2,1-5H3,(H,23,25)/t18-/m1/s1. The van der Waals surface area contributed by atoms with Crippen LogP contribution in [0.4, 0.5) is 5.69 Å².